The standard InChI is InChI=1S/C18H32O3/c1-12(2)15-7-10-17(13(3)11-15)14-5-8-16(9-6-14)21-18(19)20-4/h12-17H,5-11H2,1-4H3. The van der Waals surface area contributed by atoms with Crippen molar-refractivity contribution >= 4 is 6.16 Å². The van der Waals surface area contributed by atoms with E-state index in [4.69, 9.17) is 4.74 Å². The van der Waals surface area contributed by atoms with Gasteiger partial charge in [0.25, 0.3) is 0 Å². The summed E-state index contributed by atoms with van der Waals surface area (Å²) in [5, 5.41) is 0. The second-order valence-electron chi connectivity index (χ2n) is 7.57. The van der Waals surface area contributed by atoms with Crippen molar-refractivity contribution in [2.24, 2.45) is 29.6 Å². The van der Waals surface area contributed by atoms with Crippen LogP contribution in [0.15, 0.2) is 0 Å². The van der Waals surface area contributed by atoms with Crippen molar-refractivity contribution in [3.8, 4) is 0 Å². The predicted octanol–water partition coefficient (Wildman–Crippen LogP) is 5.04. The van der Waals surface area contributed by atoms with Gasteiger partial charge in [0.05, 0.1) is 7.11 Å². The molecule has 3 atom stereocenters. The highest BCUT2D eigenvalue weighted by molar-refractivity contribution is 5.59. The second kappa shape index (κ2) is 7.51. The van der Waals surface area contributed by atoms with Gasteiger partial charge in [0.2, 0.25) is 0 Å². The van der Waals surface area contributed by atoms with Gasteiger partial charge < -0.3 is 9.47 Å². The van der Waals surface area contributed by atoms with Gasteiger partial charge >= 0.3 is 6.16 Å². The van der Waals surface area contributed by atoms with E-state index in [0.717, 1.165) is 42.4 Å². The summed E-state index contributed by atoms with van der Waals surface area (Å²) in [5.74, 6) is 4.34. The van der Waals surface area contributed by atoms with Gasteiger partial charge in [0, 0.05) is 0 Å². The van der Waals surface area contributed by atoms with Crippen molar-refractivity contribution in [1.82, 2.24) is 0 Å². The van der Waals surface area contributed by atoms with E-state index in [2.05, 4.69) is 25.5 Å². The lowest BCUT2D eigenvalue weighted by atomic mass is 9.64. The Labute approximate surface area is 129 Å². The van der Waals surface area contributed by atoms with Gasteiger partial charge in [-0.25, -0.2) is 4.79 Å². The molecule has 3 heteroatoms. The van der Waals surface area contributed by atoms with Crippen LogP contribution >= 0.6 is 0 Å². The SMILES string of the molecule is COC(=O)OC1CCC(C2CCC(C(C)C)CC2C)CC1. The molecule has 0 heterocycles. The van der Waals surface area contributed by atoms with Crippen LogP contribution in [0.4, 0.5) is 4.79 Å². The topological polar surface area (TPSA) is 35.5 Å². The molecular weight excluding hydrogens is 264 g/mol. The molecule has 0 amide bonds. The Morgan fingerprint density at radius 1 is 1.05 bits per heavy atom. The number of hydrogen-bond donors (Lipinski definition) is 0. The molecule has 0 aliphatic heterocycles. The Hall–Kier alpha value is -0.730. The number of hydrogen-bond acceptors (Lipinski definition) is 3. The van der Waals surface area contributed by atoms with Crippen LogP contribution in [0.25, 0.3) is 0 Å². The van der Waals surface area contributed by atoms with Gasteiger partial charge in [0.15, 0.2) is 0 Å². The summed E-state index contributed by atoms with van der Waals surface area (Å²) in [4.78, 5) is 11.2. The maximum atomic E-state index is 11.2. The summed E-state index contributed by atoms with van der Waals surface area (Å²) < 4.78 is 9.88. The van der Waals surface area contributed by atoms with Crippen LogP contribution in [0.3, 0.4) is 0 Å². The smallest absolute Gasteiger partial charge is 0.438 e. The molecule has 2 aliphatic rings. The van der Waals surface area contributed by atoms with E-state index in [1.165, 1.54) is 39.2 Å². The third-order valence-corrected chi connectivity index (χ3v) is 5.97. The third kappa shape index (κ3) is 4.37. The fourth-order valence-electron chi connectivity index (χ4n) is 4.59. The van der Waals surface area contributed by atoms with E-state index in [1.807, 2.05) is 0 Å². The molecule has 2 saturated carbocycles. The molecule has 3 unspecified atom stereocenters. The summed E-state index contributed by atoms with van der Waals surface area (Å²) in [6.07, 6.45) is 8.21. The minimum absolute atomic E-state index is 0.0796. The first-order chi connectivity index (χ1) is 10.0. The van der Waals surface area contributed by atoms with E-state index in [-0.39, 0.29) is 6.10 Å². The minimum atomic E-state index is -0.524. The number of methoxy groups -OCH3 is 1. The molecule has 2 aliphatic carbocycles. The van der Waals surface area contributed by atoms with Gasteiger partial charge in [-0.3, -0.25) is 0 Å². The molecule has 0 radical (unpaired) electrons. The summed E-state index contributed by atoms with van der Waals surface area (Å²) in [5.41, 5.74) is 0. The van der Waals surface area contributed by atoms with E-state index in [1.54, 1.807) is 0 Å². The second-order valence-corrected chi connectivity index (χ2v) is 7.57. The molecular formula is C18H32O3. The van der Waals surface area contributed by atoms with Crippen molar-refractivity contribution in [3.63, 3.8) is 0 Å². The Bertz CT molecular complexity index is 331. The van der Waals surface area contributed by atoms with Crippen molar-refractivity contribution in [1.29, 1.82) is 0 Å². The molecule has 0 saturated heterocycles. The summed E-state index contributed by atoms with van der Waals surface area (Å²) in [7, 11) is 1.38. The highest BCUT2D eigenvalue weighted by Gasteiger charge is 2.36. The molecule has 0 aromatic rings. The highest BCUT2D eigenvalue weighted by atomic mass is 16.7. The average Bonchev–Trinajstić information content (AvgIpc) is 2.48. The predicted molar refractivity (Wildman–Crippen MR) is 84.1 cm³/mol. The Balaban J connectivity index is 1.79. The summed E-state index contributed by atoms with van der Waals surface area (Å²) in [6.45, 7) is 7.19. The van der Waals surface area contributed by atoms with Crippen LogP contribution in [0, 0.1) is 29.6 Å². The summed E-state index contributed by atoms with van der Waals surface area (Å²) in [6, 6.07) is 0. The van der Waals surface area contributed by atoms with Crippen LogP contribution in [-0.4, -0.2) is 19.4 Å². The molecule has 0 spiro atoms. The molecule has 0 bridgehead atoms. The van der Waals surface area contributed by atoms with E-state index < -0.39 is 6.16 Å². The highest BCUT2D eigenvalue weighted by Crippen LogP contribution is 2.45. The summed E-state index contributed by atoms with van der Waals surface area (Å²) >= 11 is 0. The molecule has 21 heavy (non-hydrogen) atoms. The van der Waals surface area contributed by atoms with Gasteiger partial charge in [-0.05, 0) is 74.5 Å². The lowest BCUT2D eigenvalue weighted by molar-refractivity contribution is 0.00304. The van der Waals surface area contributed by atoms with E-state index in [0.29, 0.717) is 0 Å². The Morgan fingerprint density at radius 3 is 2.24 bits per heavy atom. The molecule has 0 aromatic heterocycles. The normalized spacial score (nSPS) is 37.3. The van der Waals surface area contributed by atoms with Crippen molar-refractivity contribution in [2.75, 3.05) is 7.11 Å². The molecule has 122 valence electrons. The van der Waals surface area contributed by atoms with Crippen molar-refractivity contribution in [3.05, 3.63) is 0 Å². The van der Waals surface area contributed by atoms with Crippen LogP contribution in [0.2, 0.25) is 0 Å². The monoisotopic (exact) mass is 296 g/mol. The first-order valence-electron chi connectivity index (χ1n) is 8.75. The van der Waals surface area contributed by atoms with Crippen molar-refractivity contribution < 1.29 is 14.3 Å². The maximum absolute atomic E-state index is 11.2. The molecule has 0 aromatic carbocycles. The van der Waals surface area contributed by atoms with E-state index in [9.17, 15) is 4.79 Å². The van der Waals surface area contributed by atoms with Crippen LogP contribution < -0.4 is 0 Å². The number of carbonyl (C=O) groups excluding carboxylic acids is 1. The van der Waals surface area contributed by atoms with Gasteiger partial charge in [-0.1, -0.05) is 20.8 Å². The zero-order chi connectivity index (χ0) is 15.4. The molecule has 2 fully saturated rings. The number of rotatable bonds is 3. The van der Waals surface area contributed by atoms with E-state index >= 15 is 0 Å². The zero-order valence-corrected chi connectivity index (χ0v) is 14.1. The van der Waals surface area contributed by atoms with Gasteiger partial charge in [-0.2, -0.15) is 0 Å². The Morgan fingerprint density at radius 2 is 1.71 bits per heavy atom. The Kier molecular flexibility index (Phi) is 5.95. The molecule has 3 nitrogen and oxygen atoms in total. The third-order valence-electron chi connectivity index (χ3n) is 5.97. The first kappa shape index (κ1) is 16.6. The lowest BCUT2D eigenvalue weighted by Crippen LogP contribution is -2.34. The largest absolute Gasteiger partial charge is 0.508 e. The minimum Gasteiger partial charge on any atom is -0.438 e. The average molecular weight is 296 g/mol. The molecule has 0 N–H and O–H groups in total. The lowest BCUT2D eigenvalue weighted by Gasteiger charge is -2.42. The quantitative estimate of drug-likeness (QED) is 0.685. The maximum Gasteiger partial charge on any atom is 0.508 e. The van der Waals surface area contributed by atoms with Crippen LogP contribution in [-0.2, 0) is 9.47 Å². The number of ether oxygens (including phenoxy) is 2. The van der Waals surface area contributed by atoms with Gasteiger partial charge in [0.1, 0.15) is 6.10 Å². The fraction of sp³-hybridized carbons (Fsp3) is 0.944. The zero-order valence-electron chi connectivity index (χ0n) is 14.1. The fourth-order valence-corrected chi connectivity index (χ4v) is 4.59. The van der Waals surface area contributed by atoms with Crippen molar-refractivity contribution in [2.45, 2.75) is 71.8 Å². The van der Waals surface area contributed by atoms with Crippen LogP contribution in [0.5, 0.6) is 0 Å². The van der Waals surface area contributed by atoms with Crippen LogP contribution in [0.1, 0.15) is 65.7 Å². The number of carbonyl (C=O) groups is 1. The molecule has 2 rings (SSSR count). The first-order valence-corrected chi connectivity index (χ1v) is 8.75. The van der Waals surface area contributed by atoms with Gasteiger partial charge in [-0.15, -0.1) is 0 Å².